The molecule has 0 radical (unpaired) electrons. The van der Waals surface area contributed by atoms with Crippen molar-refractivity contribution >= 4 is 11.8 Å². The molecule has 16 heavy (non-hydrogen) atoms. The fourth-order valence-electron chi connectivity index (χ4n) is 2.49. The number of nitrogens with one attached hydrogen (secondary N) is 1. The highest BCUT2D eigenvalue weighted by Crippen LogP contribution is 2.17. The molecule has 1 heterocycles. The van der Waals surface area contributed by atoms with Crippen LogP contribution >= 0.6 is 11.8 Å². The highest BCUT2D eigenvalue weighted by atomic mass is 32.2. The Balaban J connectivity index is 2.24. The van der Waals surface area contributed by atoms with Gasteiger partial charge in [-0.25, -0.2) is 0 Å². The monoisotopic (exact) mass is 244 g/mol. The summed E-state index contributed by atoms with van der Waals surface area (Å²) in [6.45, 7) is 8.34. The topological polar surface area (TPSA) is 15.3 Å². The van der Waals surface area contributed by atoms with Gasteiger partial charge in [-0.1, -0.05) is 13.8 Å². The first kappa shape index (κ1) is 14.3. The zero-order valence-electron chi connectivity index (χ0n) is 11.2. The number of thioether (sulfide) groups is 1. The van der Waals surface area contributed by atoms with E-state index in [0.717, 1.165) is 12.1 Å². The molecular weight excluding hydrogens is 216 g/mol. The smallest absolute Gasteiger partial charge is 0.0183 e. The molecule has 1 fully saturated rings. The van der Waals surface area contributed by atoms with Crippen LogP contribution in [0.5, 0.6) is 0 Å². The predicted molar refractivity (Wildman–Crippen MR) is 75.3 cm³/mol. The highest BCUT2D eigenvalue weighted by molar-refractivity contribution is 7.98. The van der Waals surface area contributed by atoms with E-state index in [1.807, 2.05) is 11.8 Å². The average Bonchev–Trinajstić information content (AvgIpc) is 2.34. The van der Waals surface area contributed by atoms with E-state index in [-0.39, 0.29) is 0 Å². The van der Waals surface area contributed by atoms with Crippen molar-refractivity contribution in [2.75, 3.05) is 31.6 Å². The van der Waals surface area contributed by atoms with Gasteiger partial charge >= 0.3 is 0 Å². The summed E-state index contributed by atoms with van der Waals surface area (Å²) < 4.78 is 0. The molecule has 2 nitrogen and oxygen atoms in total. The third-order valence-corrected chi connectivity index (χ3v) is 4.28. The molecule has 1 unspecified atom stereocenters. The molecule has 0 amide bonds. The summed E-state index contributed by atoms with van der Waals surface area (Å²) in [6, 6.07) is 1.59. The Labute approximate surface area is 106 Å². The van der Waals surface area contributed by atoms with Gasteiger partial charge in [0.05, 0.1) is 0 Å². The van der Waals surface area contributed by atoms with Crippen LogP contribution in [0.4, 0.5) is 0 Å². The molecule has 0 aliphatic carbocycles. The van der Waals surface area contributed by atoms with Gasteiger partial charge in [0, 0.05) is 17.8 Å². The lowest BCUT2D eigenvalue weighted by Gasteiger charge is -2.37. The maximum absolute atomic E-state index is 3.65. The first-order chi connectivity index (χ1) is 7.81. The van der Waals surface area contributed by atoms with E-state index in [1.54, 1.807) is 0 Å². The third kappa shape index (κ3) is 4.64. The quantitative estimate of drug-likeness (QED) is 0.741. The lowest BCUT2D eigenvalue weighted by Crippen LogP contribution is -2.47. The number of hydrogen-bond acceptors (Lipinski definition) is 3. The Kier molecular flexibility index (Phi) is 7.50. The summed E-state index contributed by atoms with van der Waals surface area (Å²) in [5, 5.41) is 3.65. The summed E-state index contributed by atoms with van der Waals surface area (Å²) in [5.74, 6) is 1.30. The Hall–Kier alpha value is 0.270. The summed E-state index contributed by atoms with van der Waals surface area (Å²) in [4.78, 5) is 2.70. The summed E-state index contributed by atoms with van der Waals surface area (Å²) in [5.41, 5.74) is 0. The van der Waals surface area contributed by atoms with Crippen LogP contribution in [0.25, 0.3) is 0 Å². The number of piperidine rings is 1. The SMILES string of the molecule is CCCNC1CCN(C(CC)CSC)CC1. The van der Waals surface area contributed by atoms with Gasteiger partial charge < -0.3 is 5.32 Å². The third-order valence-electron chi connectivity index (χ3n) is 3.56. The summed E-state index contributed by atoms with van der Waals surface area (Å²) in [6.07, 6.45) is 7.45. The largest absolute Gasteiger partial charge is 0.314 e. The van der Waals surface area contributed by atoms with Crippen LogP contribution in [0.1, 0.15) is 39.5 Å². The molecule has 0 saturated carbocycles. The van der Waals surface area contributed by atoms with Gasteiger partial charge in [-0.05, 0) is 51.6 Å². The molecule has 1 atom stereocenters. The van der Waals surface area contributed by atoms with Crippen molar-refractivity contribution in [2.24, 2.45) is 0 Å². The van der Waals surface area contributed by atoms with Gasteiger partial charge in [-0.3, -0.25) is 4.90 Å². The van der Waals surface area contributed by atoms with E-state index < -0.39 is 0 Å². The van der Waals surface area contributed by atoms with Gasteiger partial charge in [0.2, 0.25) is 0 Å². The Morgan fingerprint density at radius 3 is 2.50 bits per heavy atom. The molecule has 1 rings (SSSR count). The van der Waals surface area contributed by atoms with Crippen LogP contribution in [0.15, 0.2) is 0 Å². The van der Waals surface area contributed by atoms with Crippen molar-refractivity contribution in [3.8, 4) is 0 Å². The van der Waals surface area contributed by atoms with Crippen LogP contribution in [-0.2, 0) is 0 Å². The molecule has 0 spiro atoms. The maximum atomic E-state index is 3.65. The number of hydrogen-bond donors (Lipinski definition) is 1. The van der Waals surface area contributed by atoms with Crippen molar-refractivity contribution in [1.82, 2.24) is 10.2 Å². The molecule has 0 aromatic carbocycles. The zero-order chi connectivity index (χ0) is 11.8. The fraction of sp³-hybridized carbons (Fsp3) is 1.00. The van der Waals surface area contributed by atoms with Crippen LogP contribution in [0, 0.1) is 0 Å². The Morgan fingerprint density at radius 2 is 2.00 bits per heavy atom. The van der Waals surface area contributed by atoms with E-state index in [1.165, 1.54) is 51.1 Å². The van der Waals surface area contributed by atoms with Gasteiger partial charge in [0.25, 0.3) is 0 Å². The fourth-order valence-corrected chi connectivity index (χ4v) is 3.32. The van der Waals surface area contributed by atoms with Crippen molar-refractivity contribution in [3.63, 3.8) is 0 Å². The Bertz CT molecular complexity index is 167. The summed E-state index contributed by atoms with van der Waals surface area (Å²) >= 11 is 1.99. The van der Waals surface area contributed by atoms with Gasteiger partial charge in [0.15, 0.2) is 0 Å². The normalized spacial score (nSPS) is 21.2. The van der Waals surface area contributed by atoms with Gasteiger partial charge in [0.1, 0.15) is 0 Å². The average molecular weight is 244 g/mol. The number of nitrogens with zero attached hydrogens (tertiary/aromatic N) is 1. The lowest BCUT2D eigenvalue weighted by molar-refractivity contribution is 0.152. The molecule has 1 N–H and O–H groups in total. The van der Waals surface area contributed by atoms with Crippen LogP contribution in [0.2, 0.25) is 0 Å². The first-order valence-electron chi connectivity index (χ1n) is 6.78. The van der Waals surface area contributed by atoms with Crippen LogP contribution < -0.4 is 5.32 Å². The van der Waals surface area contributed by atoms with E-state index in [4.69, 9.17) is 0 Å². The number of likely N-dealkylation sites (tertiary alicyclic amines) is 1. The molecule has 1 aliphatic rings. The van der Waals surface area contributed by atoms with E-state index >= 15 is 0 Å². The minimum Gasteiger partial charge on any atom is -0.314 e. The van der Waals surface area contributed by atoms with Gasteiger partial charge in [-0.2, -0.15) is 11.8 Å². The second kappa shape index (κ2) is 8.37. The molecule has 1 aliphatic heterocycles. The number of rotatable bonds is 7. The van der Waals surface area contributed by atoms with Gasteiger partial charge in [-0.15, -0.1) is 0 Å². The van der Waals surface area contributed by atoms with Crippen molar-refractivity contribution in [1.29, 1.82) is 0 Å². The standard InChI is InChI=1S/C13H28N2S/c1-4-8-14-12-6-9-15(10-7-12)13(5-2)11-16-3/h12-14H,4-11H2,1-3H3. The second-order valence-corrected chi connectivity index (χ2v) is 5.69. The molecular formula is C13H28N2S. The maximum Gasteiger partial charge on any atom is 0.0183 e. The first-order valence-corrected chi connectivity index (χ1v) is 8.17. The van der Waals surface area contributed by atoms with Crippen molar-refractivity contribution < 1.29 is 0 Å². The Morgan fingerprint density at radius 1 is 1.31 bits per heavy atom. The lowest BCUT2D eigenvalue weighted by atomic mass is 10.0. The molecule has 96 valence electrons. The van der Waals surface area contributed by atoms with Crippen molar-refractivity contribution in [2.45, 2.75) is 51.6 Å². The highest BCUT2D eigenvalue weighted by Gasteiger charge is 2.23. The van der Waals surface area contributed by atoms with Crippen LogP contribution in [0.3, 0.4) is 0 Å². The molecule has 0 aromatic heterocycles. The second-order valence-electron chi connectivity index (χ2n) is 4.78. The molecule has 0 aromatic rings. The summed E-state index contributed by atoms with van der Waals surface area (Å²) in [7, 11) is 0. The minimum atomic E-state index is 0.781. The molecule has 3 heteroatoms. The predicted octanol–water partition coefficient (Wildman–Crippen LogP) is 2.59. The van der Waals surface area contributed by atoms with Crippen molar-refractivity contribution in [3.05, 3.63) is 0 Å². The molecule has 0 bridgehead atoms. The van der Waals surface area contributed by atoms with E-state index in [2.05, 4.69) is 30.3 Å². The van der Waals surface area contributed by atoms with E-state index in [0.29, 0.717) is 0 Å². The van der Waals surface area contributed by atoms with E-state index in [9.17, 15) is 0 Å². The minimum absolute atomic E-state index is 0.781. The molecule has 1 saturated heterocycles. The zero-order valence-corrected chi connectivity index (χ0v) is 12.0. The van der Waals surface area contributed by atoms with Crippen LogP contribution in [-0.4, -0.2) is 48.6 Å².